The zero-order valence-electron chi connectivity index (χ0n) is 9.84. The van der Waals surface area contributed by atoms with Crippen molar-refractivity contribution in [2.75, 3.05) is 18.5 Å². The van der Waals surface area contributed by atoms with Crippen molar-refractivity contribution in [3.8, 4) is 6.07 Å². The maximum atomic E-state index is 10.6. The summed E-state index contributed by atoms with van der Waals surface area (Å²) in [5, 5.41) is 22.7. The molecule has 7 heteroatoms. The largest absolute Gasteiger partial charge is 0.379 e. The zero-order chi connectivity index (χ0) is 13.2. The van der Waals surface area contributed by atoms with Gasteiger partial charge in [-0.05, 0) is 13.3 Å². The van der Waals surface area contributed by atoms with Crippen LogP contribution >= 0.6 is 0 Å². The van der Waals surface area contributed by atoms with Gasteiger partial charge in [-0.1, -0.05) is 0 Å². The molecule has 1 aliphatic rings. The number of ether oxygens (including phenoxy) is 1. The van der Waals surface area contributed by atoms with Crippen molar-refractivity contribution in [3.05, 3.63) is 27.9 Å². The van der Waals surface area contributed by atoms with Crippen LogP contribution in [0.5, 0.6) is 0 Å². The van der Waals surface area contributed by atoms with E-state index in [4.69, 9.17) is 10.00 Å². The van der Waals surface area contributed by atoms with E-state index in [-0.39, 0.29) is 16.8 Å². The van der Waals surface area contributed by atoms with Gasteiger partial charge in [0.05, 0.1) is 17.1 Å². The molecule has 1 aromatic heterocycles. The number of rotatable bonds is 3. The molecule has 0 aliphatic carbocycles. The van der Waals surface area contributed by atoms with Crippen LogP contribution in [0.2, 0.25) is 0 Å². The van der Waals surface area contributed by atoms with Gasteiger partial charge in [-0.15, -0.1) is 0 Å². The fraction of sp³-hybridized carbons (Fsp3) is 0.455. The van der Waals surface area contributed by atoms with Gasteiger partial charge >= 0.3 is 0 Å². The number of nitriles is 1. The lowest BCUT2D eigenvalue weighted by Crippen LogP contribution is -2.35. The summed E-state index contributed by atoms with van der Waals surface area (Å²) in [7, 11) is 0. The molecular formula is C11H12N4O3. The number of pyridine rings is 1. The highest BCUT2D eigenvalue weighted by Crippen LogP contribution is 2.26. The van der Waals surface area contributed by atoms with Crippen LogP contribution in [-0.4, -0.2) is 28.7 Å². The second-order valence-corrected chi connectivity index (χ2v) is 4.45. The summed E-state index contributed by atoms with van der Waals surface area (Å²) in [6.07, 6.45) is 1.94. The first kappa shape index (κ1) is 12.3. The van der Waals surface area contributed by atoms with Gasteiger partial charge in [-0.3, -0.25) is 10.1 Å². The van der Waals surface area contributed by atoms with Crippen LogP contribution in [-0.2, 0) is 4.74 Å². The molecule has 1 atom stereocenters. The molecule has 1 fully saturated rings. The summed E-state index contributed by atoms with van der Waals surface area (Å²) in [6, 6.07) is 3.13. The third-order valence-corrected chi connectivity index (χ3v) is 2.84. The van der Waals surface area contributed by atoms with E-state index in [1.807, 2.05) is 13.0 Å². The molecule has 0 radical (unpaired) electrons. The van der Waals surface area contributed by atoms with Gasteiger partial charge in [0, 0.05) is 12.7 Å². The number of hydrogen-bond donors (Lipinski definition) is 1. The first-order chi connectivity index (χ1) is 8.54. The SMILES string of the molecule is CC1(Nc2ncc([N+](=O)[O-])cc2C#N)CCOC1. The molecule has 1 aliphatic heterocycles. The lowest BCUT2D eigenvalue weighted by Gasteiger charge is -2.24. The van der Waals surface area contributed by atoms with Crippen molar-refractivity contribution in [2.45, 2.75) is 18.9 Å². The summed E-state index contributed by atoms with van der Waals surface area (Å²) in [5.74, 6) is 0.358. The minimum absolute atomic E-state index is 0.164. The maximum Gasteiger partial charge on any atom is 0.289 e. The standard InChI is InChI=1S/C11H12N4O3/c1-11(2-3-18-7-11)14-10-8(5-12)4-9(6-13-10)15(16)17/h4,6H,2-3,7H2,1H3,(H,13,14). The second kappa shape index (κ2) is 4.58. The van der Waals surface area contributed by atoms with Gasteiger partial charge < -0.3 is 10.1 Å². The first-order valence-electron chi connectivity index (χ1n) is 5.44. The molecule has 0 bridgehead atoms. The van der Waals surface area contributed by atoms with Crippen LogP contribution in [0, 0.1) is 21.4 Å². The summed E-state index contributed by atoms with van der Waals surface area (Å²) in [5.41, 5.74) is -0.309. The summed E-state index contributed by atoms with van der Waals surface area (Å²) >= 11 is 0. The van der Waals surface area contributed by atoms with Gasteiger partial charge in [0.1, 0.15) is 23.6 Å². The molecule has 7 nitrogen and oxygen atoms in total. The molecule has 2 rings (SSSR count). The van der Waals surface area contributed by atoms with E-state index in [2.05, 4.69) is 10.3 Å². The van der Waals surface area contributed by atoms with Crippen molar-refractivity contribution >= 4 is 11.5 Å². The Bertz CT molecular complexity index is 518. The maximum absolute atomic E-state index is 10.6. The van der Waals surface area contributed by atoms with E-state index in [0.717, 1.165) is 12.6 Å². The average Bonchev–Trinajstić information content (AvgIpc) is 2.76. The highest BCUT2D eigenvalue weighted by Gasteiger charge is 2.30. The first-order valence-corrected chi connectivity index (χ1v) is 5.44. The van der Waals surface area contributed by atoms with E-state index in [1.165, 1.54) is 6.07 Å². The van der Waals surface area contributed by atoms with E-state index < -0.39 is 4.92 Å². The summed E-state index contributed by atoms with van der Waals surface area (Å²) < 4.78 is 5.29. The third-order valence-electron chi connectivity index (χ3n) is 2.84. The Labute approximate surface area is 104 Å². The molecule has 0 saturated carbocycles. The molecule has 0 aromatic carbocycles. The molecule has 2 heterocycles. The molecule has 1 N–H and O–H groups in total. The Kier molecular flexibility index (Phi) is 3.12. The van der Waals surface area contributed by atoms with Crippen LogP contribution in [0.25, 0.3) is 0 Å². The van der Waals surface area contributed by atoms with E-state index >= 15 is 0 Å². The smallest absolute Gasteiger partial charge is 0.289 e. The zero-order valence-corrected chi connectivity index (χ0v) is 9.84. The fourth-order valence-corrected chi connectivity index (χ4v) is 1.79. The Morgan fingerprint density at radius 1 is 1.72 bits per heavy atom. The van der Waals surface area contributed by atoms with E-state index in [9.17, 15) is 10.1 Å². The van der Waals surface area contributed by atoms with Crippen molar-refractivity contribution in [3.63, 3.8) is 0 Å². The topological polar surface area (TPSA) is 101 Å². The Hall–Kier alpha value is -2.20. The molecule has 0 amide bonds. The van der Waals surface area contributed by atoms with Crippen LogP contribution in [0.1, 0.15) is 18.9 Å². The third kappa shape index (κ3) is 2.38. The van der Waals surface area contributed by atoms with Crippen molar-refractivity contribution in [1.29, 1.82) is 5.26 Å². The molecule has 0 spiro atoms. The minimum Gasteiger partial charge on any atom is -0.379 e. The number of nitro groups is 1. The average molecular weight is 248 g/mol. The van der Waals surface area contributed by atoms with Crippen molar-refractivity contribution < 1.29 is 9.66 Å². The lowest BCUT2D eigenvalue weighted by molar-refractivity contribution is -0.385. The molecule has 94 valence electrons. The molecule has 1 saturated heterocycles. The molecule has 18 heavy (non-hydrogen) atoms. The van der Waals surface area contributed by atoms with Crippen LogP contribution < -0.4 is 5.32 Å². The molecule has 1 aromatic rings. The highest BCUT2D eigenvalue weighted by atomic mass is 16.6. The Morgan fingerprint density at radius 3 is 3.06 bits per heavy atom. The number of nitrogens with zero attached hydrogens (tertiary/aromatic N) is 3. The molecule has 1 unspecified atom stereocenters. The summed E-state index contributed by atoms with van der Waals surface area (Å²) in [6.45, 7) is 3.14. The Balaban J connectivity index is 2.28. The van der Waals surface area contributed by atoms with Crippen molar-refractivity contribution in [1.82, 2.24) is 4.98 Å². The predicted octanol–water partition coefficient (Wildman–Crippen LogP) is 1.45. The van der Waals surface area contributed by atoms with E-state index in [1.54, 1.807) is 0 Å². The number of hydrogen-bond acceptors (Lipinski definition) is 6. The van der Waals surface area contributed by atoms with Gasteiger partial charge in [0.15, 0.2) is 0 Å². The Morgan fingerprint density at radius 2 is 2.50 bits per heavy atom. The van der Waals surface area contributed by atoms with Crippen LogP contribution in [0.4, 0.5) is 11.5 Å². The molecular weight excluding hydrogens is 236 g/mol. The fourth-order valence-electron chi connectivity index (χ4n) is 1.79. The van der Waals surface area contributed by atoms with Gasteiger partial charge in [-0.2, -0.15) is 5.26 Å². The van der Waals surface area contributed by atoms with Crippen LogP contribution in [0.15, 0.2) is 12.3 Å². The highest BCUT2D eigenvalue weighted by molar-refractivity contribution is 5.56. The predicted molar refractivity (Wildman–Crippen MR) is 63.1 cm³/mol. The lowest BCUT2D eigenvalue weighted by atomic mass is 10.0. The second-order valence-electron chi connectivity index (χ2n) is 4.45. The van der Waals surface area contributed by atoms with E-state index in [0.29, 0.717) is 19.0 Å². The minimum atomic E-state index is -0.571. The summed E-state index contributed by atoms with van der Waals surface area (Å²) in [4.78, 5) is 14.0. The van der Waals surface area contributed by atoms with Gasteiger partial charge in [-0.25, -0.2) is 4.98 Å². The number of anilines is 1. The monoisotopic (exact) mass is 248 g/mol. The van der Waals surface area contributed by atoms with Gasteiger partial charge in [0.2, 0.25) is 0 Å². The number of aromatic nitrogens is 1. The van der Waals surface area contributed by atoms with Crippen molar-refractivity contribution in [2.24, 2.45) is 0 Å². The van der Waals surface area contributed by atoms with Crippen LogP contribution in [0.3, 0.4) is 0 Å². The van der Waals surface area contributed by atoms with Gasteiger partial charge in [0.25, 0.3) is 5.69 Å². The normalized spacial score (nSPS) is 22.4. The number of nitrogens with one attached hydrogen (secondary N) is 1. The quantitative estimate of drug-likeness (QED) is 0.641.